The number of rotatable bonds is 2. The molecule has 1 aromatic rings. The van der Waals surface area contributed by atoms with Gasteiger partial charge in [0.15, 0.2) is 0 Å². The Hall–Kier alpha value is -1.12. The van der Waals surface area contributed by atoms with E-state index in [2.05, 4.69) is 4.74 Å². The van der Waals surface area contributed by atoms with Gasteiger partial charge in [0.25, 0.3) is 0 Å². The summed E-state index contributed by atoms with van der Waals surface area (Å²) in [4.78, 5) is 0. The molecule has 0 heterocycles. The lowest BCUT2D eigenvalue weighted by Crippen LogP contribution is -2.15. The third kappa shape index (κ3) is 3.18. The maximum Gasteiger partial charge on any atom is 0.387 e. The van der Waals surface area contributed by atoms with Gasteiger partial charge in [-0.15, -0.1) is 0 Å². The molecule has 1 rings (SSSR count). The number of hydrogen-bond donors (Lipinski definition) is 0. The molecule has 0 bridgehead atoms. The van der Waals surface area contributed by atoms with Crippen molar-refractivity contribution >= 4 is 0 Å². The summed E-state index contributed by atoms with van der Waals surface area (Å²) in [6.07, 6.45) is 0. The highest BCUT2D eigenvalue weighted by Crippen LogP contribution is 2.32. The lowest BCUT2D eigenvalue weighted by atomic mass is 9.86. The highest BCUT2D eigenvalue weighted by molar-refractivity contribution is 5.41. The standard InChI is InChI=1S/C12H16F2O/c1-8-5-6-9(12(2,3)4)10(7-8)15-11(13)14/h5-7,11H,1-4H3. The van der Waals surface area contributed by atoms with E-state index < -0.39 is 6.61 Å². The van der Waals surface area contributed by atoms with Crippen molar-refractivity contribution in [2.24, 2.45) is 0 Å². The van der Waals surface area contributed by atoms with E-state index >= 15 is 0 Å². The first-order valence-electron chi connectivity index (χ1n) is 4.86. The summed E-state index contributed by atoms with van der Waals surface area (Å²) in [5, 5.41) is 0. The Morgan fingerprint density at radius 1 is 1.20 bits per heavy atom. The monoisotopic (exact) mass is 214 g/mol. The molecule has 0 amide bonds. The summed E-state index contributed by atoms with van der Waals surface area (Å²) >= 11 is 0. The van der Waals surface area contributed by atoms with Gasteiger partial charge in [-0.05, 0) is 29.5 Å². The number of aryl methyl sites for hydroxylation is 1. The van der Waals surface area contributed by atoms with E-state index in [0.29, 0.717) is 0 Å². The van der Waals surface area contributed by atoms with Crippen LogP contribution in [0.2, 0.25) is 0 Å². The fourth-order valence-corrected chi connectivity index (χ4v) is 1.44. The molecule has 0 saturated heterocycles. The SMILES string of the molecule is Cc1ccc(C(C)(C)C)c(OC(F)F)c1. The van der Waals surface area contributed by atoms with Gasteiger partial charge in [-0.2, -0.15) is 8.78 Å². The van der Waals surface area contributed by atoms with Crippen molar-refractivity contribution in [3.05, 3.63) is 29.3 Å². The van der Waals surface area contributed by atoms with Gasteiger partial charge in [0.1, 0.15) is 5.75 Å². The Morgan fingerprint density at radius 2 is 1.80 bits per heavy atom. The summed E-state index contributed by atoms with van der Waals surface area (Å²) in [6, 6.07) is 5.39. The average Bonchev–Trinajstić information content (AvgIpc) is 1.99. The number of alkyl halides is 2. The zero-order valence-electron chi connectivity index (χ0n) is 9.47. The predicted molar refractivity (Wildman–Crippen MR) is 56.5 cm³/mol. The van der Waals surface area contributed by atoms with Crippen molar-refractivity contribution in [1.82, 2.24) is 0 Å². The van der Waals surface area contributed by atoms with Gasteiger partial charge >= 0.3 is 6.61 Å². The zero-order valence-corrected chi connectivity index (χ0v) is 9.47. The molecule has 0 fully saturated rings. The van der Waals surface area contributed by atoms with E-state index in [0.717, 1.165) is 11.1 Å². The molecular formula is C12H16F2O. The van der Waals surface area contributed by atoms with Crippen molar-refractivity contribution in [1.29, 1.82) is 0 Å². The second-order valence-electron chi connectivity index (χ2n) is 4.63. The molecule has 0 aliphatic heterocycles. The molecule has 15 heavy (non-hydrogen) atoms. The van der Waals surface area contributed by atoms with Crippen molar-refractivity contribution in [2.75, 3.05) is 0 Å². The highest BCUT2D eigenvalue weighted by atomic mass is 19.3. The maximum absolute atomic E-state index is 12.2. The fraction of sp³-hybridized carbons (Fsp3) is 0.500. The molecule has 0 radical (unpaired) electrons. The number of benzene rings is 1. The van der Waals surface area contributed by atoms with Crippen LogP contribution in [0.3, 0.4) is 0 Å². The van der Waals surface area contributed by atoms with Gasteiger partial charge in [0, 0.05) is 0 Å². The highest BCUT2D eigenvalue weighted by Gasteiger charge is 2.20. The molecular weight excluding hydrogens is 198 g/mol. The molecule has 0 spiro atoms. The molecule has 0 atom stereocenters. The lowest BCUT2D eigenvalue weighted by Gasteiger charge is -2.22. The fourth-order valence-electron chi connectivity index (χ4n) is 1.44. The van der Waals surface area contributed by atoms with Gasteiger partial charge in [0.2, 0.25) is 0 Å². The molecule has 0 aromatic heterocycles. The van der Waals surface area contributed by atoms with Crippen LogP contribution >= 0.6 is 0 Å². The minimum atomic E-state index is -2.77. The van der Waals surface area contributed by atoms with Crippen LogP contribution < -0.4 is 4.74 Å². The van der Waals surface area contributed by atoms with Crippen LogP contribution in [0.25, 0.3) is 0 Å². The van der Waals surface area contributed by atoms with E-state index in [1.54, 1.807) is 6.07 Å². The van der Waals surface area contributed by atoms with Crippen molar-refractivity contribution in [3.63, 3.8) is 0 Å². The van der Waals surface area contributed by atoms with E-state index in [9.17, 15) is 8.78 Å². The smallest absolute Gasteiger partial charge is 0.387 e. The first-order valence-corrected chi connectivity index (χ1v) is 4.86. The molecule has 0 aliphatic carbocycles. The van der Waals surface area contributed by atoms with Crippen LogP contribution in [0, 0.1) is 6.92 Å². The number of halogens is 2. The Labute approximate surface area is 89.1 Å². The minimum absolute atomic E-state index is 0.197. The Bertz CT molecular complexity index is 340. The Balaban J connectivity index is 3.15. The predicted octanol–water partition coefficient (Wildman–Crippen LogP) is 3.89. The van der Waals surface area contributed by atoms with Crippen LogP contribution in [0.5, 0.6) is 5.75 Å². The Morgan fingerprint density at radius 3 is 2.27 bits per heavy atom. The number of hydrogen-bond acceptors (Lipinski definition) is 1. The van der Waals surface area contributed by atoms with E-state index in [4.69, 9.17) is 0 Å². The molecule has 0 aliphatic rings. The maximum atomic E-state index is 12.2. The zero-order chi connectivity index (χ0) is 11.6. The molecule has 0 saturated carbocycles. The molecule has 84 valence electrons. The summed E-state index contributed by atoms with van der Waals surface area (Å²) in [5.41, 5.74) is 1.52. The van der Waals surface area contributed by atoms with Crippen molar-refractivity contribution in [3.8, 4) is 5.75 Å². The lowest BCUT2D eigenvalue weighted by molar-refractivity contribution is -0.0508. The molecule has 3 heteroatoms. The van der Waals surface area contributed by atoms with Crippen LogP contribution in [-0.2, 0) is 5.41 Å². The Kier molecular flexibility index (Phi) is 3.32. The van der Waals surface area contributed by atoms with Gasteiger partial charge < -0.3 is 4.74 Å². The summed E-state index contributed by atoms with van der Waals surface area (Å²) in [6.45, 7) is 4.99. The van der Waals surface area contributed by atoms with Crippen molar-refractivity contribution in [2.45, 2.75) is 39.7 Å². The van der Waals surface area contributed by atoms with Gasteiger partial charge in [-0.3, -0.25) is 0 Å². The average molecular weight is 214 g/mol. The largest absolute Gasteiger partial charge is 0.435 e. The third-order valence-corrected chi connectivity index (χ3v) is 2.16. The minimum Gasteiger partial charge on any atom is -0.435 e. The number of ether oxygens (including phenoxy) is 1. The topological polar surface area (TPSA) is 9.23 Å². The van der Waals surface area contributed by atoms with Crippen LogP contribution in [0.1, 0.15) is 31.9 Å². The van der Waals surface area contributed by atoms with E-state index in [-0.39, 0.29) is 11.2 Å². The molecule has 0 unspecified atom stereocenters. The summed E-state index contributed by atoms with van der Waals surface area (Å²) in [5.74, 6) is 0.275. The second-order valence-corrected chi connectivity index (χ2v) is 4.63. The van der Waals surface area contributed by atoms with Gasteiger partial charge in [-0.25, -0.2) is 0 Å². The molecule has 1 aromatic carbocycles. The summed E-state index contributed by atoms with van der Waals surface area (Å²) in [7, 11) is 0. The van der Waals surface area contributed by atoms with E-state index in [1.807, 2.05) is 39.8 Å². The van der Waals surface area contributed by atoms with Crippen LogP contribution in [0.4, 0.5) is 8.78 Å². The van der Waals surface area contributed by atoms with Gasteiger partial charge in [-0.1, -0.05) is 32.9 Å². The summed E-state index contributed by atoms with van der Waals surface area (Å²) < 4.78 is 28.9. The second kappa shape index (κ2) is 4.17. The molecule has 0 N–H and O–H groups in total. The van der Waals surface area contributed by atoms with Crippen LogP contribution in [0.15, 0.2) is 18.2 Å². The quantitative estimate of drug-likeness (QED) is 0.725. The van der Waals surface area contributed by atoms with E-state index in [1.165, 1.54) is 0 Å². The third-order valence-electron chi connectivity index (χ3n) is 2.16. The molecule has 1 nitrogen and oxygen atoms in total. The normalized spacial score (nSPS) is 11.9. The first kappa shape index (κ1) is 12.0. The van der Waals surface area contributed by atoms with Crippen molar-refractivity contribution < 1.29 is 13.5 Å². The van der Waals surface area contributed by atoms with Gasteiger partial charge in [0.05, 0.1) is 0 Å². The van der Waals surface area contributed by atoms with Crippen LogP contribution in [-0.4, -0.2) is 6.61 Å². The first-order chi connectivity index (χ1) is 6.80.